The number of ether oxygens (including phenoxy) is 1. The highest BCUT2D eigenvalue weighted by Crippen LogP contribution is 2.12. The lowest BCUT2D eigenvalue weighted by Gasteiger charge is -2.01. The van der Waals surface area contributed by atoms with Gasteiger partial charge in [-0.1, -0.05) is 11.6 Å². The summed E-state index contributed by atoms with van der Waals surface area (Å²) in [4.78, 5) is 0. The Hall–Kier alpha value is -1.48. The maximum Gasteiger partial charge on any atom is 0.207 e. The summed E-state index contributed by atoms with van der Waals surface area (Å²) in [5.74, 6) is 0.138. The first-order valence-electron chi connectivity index (χ1n) is 4.62. The van der Waals surface area contributed by atoms with Gasteiger partial charge in [0.2, 0.25) is 5.90 Å². The van der Waals surface area contributed by atoms with Crippen molar-refractivity contribution < 1.29 is 4.74 Å². The van der Waals surface area contributed by atoms with E-state index in [2.05, 4.69) is 5.32 Å². The molecule has 1 rings (SSSR count). The fraction of sp³-hybridized carbons (Fsp3) is 0.182. The number of hydrogen-bond acceptors (Lipinski definition) is 3. The van der Waals surface area contributed by atoms with Crippen LogP contribution in [-0.2, 0) is 4.74 Å². The second-order valence-electron chi connectivity index (χ2n) is 2.78. The van der Waals surface area contributed by atoms with Crippen molar-refractivity contribution in [2.75, 3.05) is 11.9 Å². The van der Waals surface area contributed by atoms with Crippen LogP contribution in [0.4, 0.5) is 5.69 Å². The normalized spacial score (nSPS) is 10.3. The van der Waals surface area contributed by atoms with E-state index in [1.807, 2.05) is 19.1 Å². The summed E-state index contributed by atoms with van der Waals surface area (Å²) in [5, 5.41) is 11.0. The number of rotatable bonds is 4. The molecule has 0 atom stereocenters. The lowest BCUT2D eigenvalue weighted by Crippen LogP contribution is -1.99. The third-order valence-electron chi connectivity index (χ3n) is 1.63. The molecule has 0 unspecified atom stereocenters. The highest BCUT2D eigenvalue weighted by Gasteiger charge is 1.90. The second-order valence-corrected chi connectivity index (χ2v) is 3.22. The van der Waals surface area contributed by atoms with Crippen LogP contribution in [-0.4, -0.2) is 12.5 Å². The van der Waals surface area contributed by atoms with Gasteiger partial charge in [-0.25, -0.2) is 0 Å². The molecule has 0 radical (unpaired) electrons. The molecule has 0 saturated heterocycles. The van der Waals surface area contributed by atoms with Gasteiger partial charge in [0.15, 0.2) is 0 Å². The van der Waals surface area contributed by atoms with E-state index >= 15 is 0 Å². The molecule has 0 spiro atoms. The van der Waals surface area contributed by atoms with E-state index in [-0.39, 0.29) is 5.90 Å². The van der Waals surface area contributed by atoms with E-state index < -0.39 is 0 Å². The monoisotopic (exact) mass is 224 g/mol. The van der Waals surface area contributed by atoms with Crippen LogP contribution >= 0.6 is 11.6 Å². The molecule has 2 N–H and O–H groups in total. The topological polar surface area (TPSA) is 45.1 Å². The molecular weight excluding hydrogens is 212 g/mol. The molecule has 80 valence electrons. The lowest BCUT2D eigenvalue weighted by atomic mass is 10.3. The lowest BCUT2D eigenvalue weighted by molar-refractivity contribution is 0.327. The maximum absolute atomic E-state index is 7.32. The Kier molecular flexibility index (Phi) is 4.71. The summed E-state index contributed by atoms with van der Waals surface area (Å²) in [5.41, 5.74) is 0.917. The van der Waals surface area contributed by atoms with Gasteiger partial charge >= 0.3 is 0 Å². The highest BCUT2D eigenvalue weighted by atomic mass is 35.5. The summed E-state index contributed by atoms with van der Waals surface area (Å²) in [6, 6.07) is 7.31. The van der Waals surface area contributed by atoms with Gasteiger partial charge < -0.3 is 10.1 Å². The average molecular weight is 225 g/mol. The first-order chi connectivity index (χ1) is 7.22. The molecule has 1 aromatic carbocycles. The number of nitrogens with one attached hydrogen (secondary N) is 2. The molecule has 0 amide bonds. The number of halogens is 1. The van der Waals surface area contributed by atoms with E-state index in [0.717, 1.165) is 5.69 Å². The minimum absolute atomic E-state index is 0.138. The van der Waals surface area contributed by atoms with Crippen LogP contribution in [0.5, 0.6) is 0 Å². The predicted molar refractivity (Wildman–Crippen MR) is 63.6 cm³/mol. The van der Waals surface area contributed by atoms with Gasteiger partial charge in [0.1, 0.15) is 0 Å². The zero-order valence-corrected chi connectivity index (χ0v) is 9.21. The van der Waals surface area contributed by atoms with Crippen molar-refractivity contribution in [2.24, 2.45) is 0 Å². The molecular formula is C11H13ClN2O. The van der Waals surface area contributed by atoms with Gasteiger partial charge in [-0.15, -0.1) is 0 Å². The molecule has 0 saturated carbocycles. The third-order valence-corrected chi connectivity index (χ3v) is 1.88. The quantitative estimate of drug-likeness (QED) is 0.609. The number of anilines is 1. The summed E-state index contributed by atoms with van der Waals surface area (Å²) in [6.07, 6.45) is 3.21. The largest absolute Gasteiger partial charge is 0.478 e. The van der Waals surface area contributed by atoms with Crippen LogP contribution in [0, 0.1) is 5.41 Å². The van der Waals surface area contributed by atoms with Crippen molar-refractivity contribution in [3.05, 3.63) is 41.6 Å². The predicted octanol–water partition coefficient (Wildman–Crippen LogP) is 3.28. The highest BCUT2D eigenvalue weighted by molar-refractivity contribution is 6.30. The Bertz CT molecular complexity index is 346. The van der Waals surface area contributed by atoms with Crippen LogP contribution < -0.4 is 5.32 Å². The van der Waals surface area contributed by atoms with Crippen molar-refractivity contribution in [1.82, 2.24) is 0 Å². The summed E-state index contributed by atoms with van der Waals surface area (Å²) in [6.45, 7) is 2.35. The van der Waals surface area contributed by atoms with E-state index in [4.69, 9.17) is 21.7 Å². The zero-order chi connectivity index (χ0) is 11.1. The van der Waals surface area contributed by atoms with Crippen LogP contribution in [0.1, 0.15) is 6.92 Å². The second kappa shape index (κ2) is 6.09. The Morgan fingerprint density at radius 1 is 1.47 bits per heavy atom. The van der Waals surface area contributed by atoms with Crippen LogP contribution in [0.25, 0.3) is 0 Å². The fourth-order valence-electron chi connectivity index (χ4n) is 0.963. The Labute approximate surface area is 94.2 Å². The number of benzene rings is 1. The summed E-state index contributed by atoms with van der Waals surface area (Å²) < 4.78 is 4.93. The molecule has 15 heavy (non-hydrogen) atoms. The Morgan fingerprint density at radius 3 is 2.73 bits per heavy atom. The van der Waals surface area contributed by atoms with E-state index in [9.17, 15) is 0 Å². The minimum Gasteiger partial charge on any atom is -0.478 e. The first kappa shape index (κ1) is 11.6. The van der Waals surface area contributed by atoms with E-state index in [1.165, 1.54) is 0 Å². The van der Waals surface area contributed by atoms with Gasteiger partial charge in [0.05, 0.1) is 6.61 Å². The maximum atomic E-state index is 7.32. The van der Waals surface area contributed by atoms with Crippen molar-refractivity contribution in [2.45, 2.75) is 6.92 Å². The molecule has 0 fully saturated rings. The molecule has 0 bridgehead atoms. The average Bonchev–Trinajstić information content (AvgIpc) is 2.21. The van der Waals surface area contributed by atoms with Crippen molar-refractivity contribution >= 4 is 23.2 Å². The SMILES string of the molecule is CCOC(=N)/C=C\Nc1ccc(Cl)cc1. The van der Waals surface area contributed by atoms with Crippen LogP contribution in [0.3, 0.4) is 0 Å². The van der Waals surface area contributed by atoms with Crippen LogP contribution in [0.2, 0.25) is 5.02 Å². The third kappa shape index (κ3) is 4.51. The first-order valence-corrected chi connectivity index (χ1v) is 5.00. The molecule has 0 aliphatic rings. The Morgan fingerprint density at radius 2 is 2.13 bits per heavy atom. The molecule has 0 aromatic heterocycles. The summed E-state index contributed by atoms with van der Waals surface area (Å²) >= 11 is 5.74. The zero-order valence-electron chi connectivity index (χ0n) is 8.46. The van der Waals surface area contributed by atoms with Crippen molar-refractivity contribution in [3.8, 4) is 0 Å². The standard InChI is InChI=1S/C11H13ClN2O/c1-2-15-11(13)7-8-14-10-5-3-9(12)4-6-10/h3-8,13-14H,2H2,1H3/b8-7-,13-11?. The van der Waals surface area contributed by atoms with E-state index in [0.29, 0.717) is 11.6 Å². The molecule has 3 nitrogen and oxygen atoms in total. The Balaban J connectivity index is 2.43. The molecule has 0 aliphatic carbocycles. The van der Waals surface area contributed by atoms with Gasteiger partial charge in [-0.3, -0.25) is 5.41 Å². The van der Waals surface area contributed by atoms with Gasteiger partial charge in [0.25, 0.3) is 0 Å². The molecule has 4 heteroatoms. The van der Waals surface area contributed by atoms with Gasteiger partial charge in [-0.05, 0) is 31.2 Å². The van der Waals surface area contributed by atoms with Crippen molar-refractivity contribution in [1.29, 1.82) is 5.41 Å². The molecule has 1 aromatic rings. The van der Waals surface area contributed by atoms with Crippen LogP contribution in [0.15, 0.2) is 36.5 Å². The van der Waals surface area contributed by atoms with Crippen molar-refractivity contribution in [3.63, 3.8) is 0 Å². The minimum atomic E-state index is 0.138. The fourth-order valence-corrected chi connectivity index (χ4v) is 1.09. The molecule has 0 aliphatic heterocycles. The molecule has 0 heterocycles. The summed E-state index contributed by atoms with van der Waals surface area (Å²) in [7, 11) is 0. The van der Waals surface area contributed by atoms with Gasteiger partial charge in [0, 0.05) is 23.0 Å². The number of hydrogen-bond donors (Lipinski definition) is 2. The van der Waals surface area contributed by atoms with Gasteiger partial charge in [-0.2, -0.15) is 0 Å². The van der Waals surface area contributed by atoms with E-state index in [1.54, 1.807) is 24.4 Å². The smallest absolute Gasteiger partial charge is 0.207 e.